The third-order valence-electron chi connectivity index (χ3n) is 5.03. The summed E-state index contributed by atoms with van der Waals surface area (Å²) in [5.41, 5.74) is 4.50. The van der Waals surface area contributed by atoms with Crippen LogP contribution < -0.4 is 18.3 Å². The van der Waals surface area contributed by atoms with E-state index in [4.69, 9.17) is 0 Å². The summed E-state index contributed by atoms with van der Waals surface area (Å²) in [4.78, 5) is 2.07. The fourth-order valence-corrected chi connectivity index (χ4v) is 7.84. The standard InChI is InChI=1S/C23H22BrN2OTe/c1-25(2)17-9-11-19-21(13-17)28(27)22-14-18(26(3)4)10-12-20(22)23(19)15-5-7-16(24)8-6-15/h5-14H,1-4H3/q+1. The van der Waals surface area contributed by atoms with E-state index in [9.17, 15) is 3.47 Å². The van der Waals surface area contributed by atoms with Crippen molar-refractivity contribution in [3.8, 4) is 20.3 Å². The Labute approximate surface area is 181 Å². The van der Waals surface area contributed by atoms with Crippen molar-refractivity contribution in [2.24, 2.45) is 0 Å². The first-order valence-corrected chi connectivity index (χ1v) is 13.1. The maximum atomic E-state index is 13.7. The van der Waals surface area contributed by atoms with E-state index in [2.05, 4.69) is 86.1 Å². The molecule has 0 aromatic heterocycles. The molecule has 0 bridgehead atoms. The van der Waals surface area contributed by atoms with Gasteiger partial charge in [0.1, 0.15) is 0 Å². The van der Waals surface area contributed by atoms with Gasteiger partial charge in [0.15, 0.2) is 0 Å². The molecule has 0 spiro atoms. The third kappa shape index (κ3) is 3.42. The Morgan fingerprint density at radius 2 is 1.64 bits per heavy atom. The second-order valence-corrected chi connectivity index (χ2v) is 12.3. The van der Waals surface area contributed by atoms with E-state index in [-0.39, 0.29) is 0 Å². The topological polar surface area (TPSA) is 29.3 Å². The number of nitrogens with zero attached hydrogens (tertiary/aromatic N) is 2. The van der Waals surface area contributed by atoms with Crippen molar-refractivity contribution < 1.29 is 3.47 Å². The van der Waals surface area contributed by atoms with Crippen molar-refractivity contribution in [2.75, 3.05) is 33.1 Å². The summed E-state index contributed by atoms with van der Waals surface area (Å²) in [6.45, 7) is 0. The van der Waals surface area contributed by atoms with Crippen LogP contribution in [0.1, 0.15) is 0 Å². The normalized spacial score (nSPS) is 11.2. The number of rotatable bonds is 2. The Hall–Kier alpha value is -1.64. The van der Waals surface area contributed by atoms with E-state index >= 15 is 0 Å². The Bertz CT molecular complexity index is 1220. The van der Waals surface area contributed by atoms with Gasteiger partial charge in [-0.15, -0.1) is 0 Å². The maximum absolute atomic E-state index is 13.7. The van der Waals surface area contributed by atoms with Gasteiger partial charge < -0.3 is 0 Å². The molecule has 0 atom stereocenters. The number of hydrogen-bond acceptors (Lipinski definition) is 2. The van der Waals surface area contributed by atoms with Crippen molar-refractivity contribution in [1.29, 1.82) is 0 Å². The van der Waals surface area contributed by atoms with Crippen LogP contribution in [0.25, 0.3) is 29.1 Å². The zero-order valence-electron chi connectivity index (χ0n) is 16.4. The van der Waals surface area contributed by atoms with E-state index in [0.29, 0.717) is 0 Å². The fourth-order valence-electron chi connectivity index (χ4n) is 3.49. The Morgan fingerprint density at radius 3 is 2.29 bits per heavy atom. The number of anilines is 1. The molecule has 2 aromatic carbocycles. The molecule has 1 aliphatic carbocycles. The van der Waals surface area contributed by atoms with Crippen molar-refractivity contribution in [1.82, 2.24) is 4.58 Å². The van der Waals surface area contributed by atoms with Crippen LogP contribution in [0.2, 0.25) is 0 Å². The van der Waals surface area contributed by atoms with Crippen LogP contribution in [0.5, 0.6) is 0 Å². The molecular formula is C23H22BrN2OTe+. The van der Waals surface area contributed by atoms with Crippen molar-refractivity contribution >= 4 is 49.9 Å². The summed E-state index contributed by atoms with van der Waals surface area (Å²) in [5.74, 6) is 0. The van der Waals surface area contributed by atoms with Crippen LogP contribution in [0, 0.1) is 0 Å². The first-order valence-electron chi connectivity index (χ1n) is 9.05. The van der Waals surface area contributed by atoms with Gasteiger partial charge in [-0.3, -0.25) is 0 Å². The molecule has 1 heterocycles. The Morgan fingerprint density at radius 1 is 0.929 bits per heavy atom. The molecule has 0 N–H and O–H groups in total. The van der Waals surface area contributed by atoms with Gasteiger partial charge in [-0.25, -0.2) is 0 Å². The zero-order chi connectivity index (χ0) is 20.0. The summed E-state index contributed by atoms with van der Waals surface area (Å²) in [5, 5.41) is 2.19. The van der Waals surface area contributed by atoms with Gasteiger partial charge in [-0.05, 0) is 0 Å². The van der Waals surface area contributed by atoms with Gasteiger partial charge in [0, 0.05) is 0 Å². The first kappa shape index (κ1) is 19.7. The van der Waals surface area contributed by atoms with Crippen molar-refractivity contribution in [2.45, 2.75) is 0 Å². The molecule has 28 heavy (non-hydrogen) atoms. The molecule has 0 fully saturated rings. The summed E-state index contributed by atoms with van der Waals surface area (Å²) >= 11 is 0.632. The molecule has 0 saturated heterocycles. The van der Waals surface area contributed by atoms with Crippen molar-refractivity contribution in [3.63, 3.8) is 0 Å². The average Bonchev–Trinajstić information content (AvgIpc) is 2.69. The number of hydrogen-bond donors (Lipinski definition) is 0. The van der Waals surface area contributed by atoms with Gasteiger partial charge >= 0.3 is 182 Å². The van der Waals surface area contributed by atoms with Gasteiger partial charge in [0.05, 0.1) is 0 Å². The molecule has 142 valence electrons. The van der Waals surface area contributed by atoms with E-state index in [1.807, 2.05) is 28.2 Å². The fraction of sp³-hybridized carbons (Fsp3) is 0.174. The minimum atomic E-state index is -2.90. The van der Waals surface area contributed by atoms with Crippen LogP contribution in [0.15, 0.2) is 65.1 Å². The van der Waals surface area contributed by atoms with E-state index in [1.165, 1.54) is 5.56 Å². The predicted octanol–water partition coefficient (Wildman–Crippen LogP) is 3.34. The first-order chi connectivity index (χ1) is 13.4. The quantitative estimate of drug-likeness (QED) is 0.218. The summed E-state index contributed by atoms with van der Waals surface area (Å²) in [7, 11) is 8.08. The molecule has 0 amide bonds. The molecule has 4 rings (SSSR count). The van der Waals surface area contributed by atoms with Gasteiger partial charge in [-0.1, -0.05) is 0 Å². The average molecular weight is 550 g/mol. The zero-order valence-corrected chi connectivity index (χ0v) is 20.3. The van der Waals surface area contributed by atoms with E-state index < -0.39 is 19.5 Å². The second kappa shape index (κ2) is 7.65. The molecule has 1 aliphatic heterocycles. The molecule has 2 aromatic rings. The van der Waals surface area contributed by atoms with Crippen molar-refractivity contribution in [3.05, 3.63) is 70.5 Å². The minimum absolute atomic E-state index is 1.01. The molecule has 3 nitrogen and oxygen atoms in total. The van der Waals surface area contributed by atoms with Crippen LogP contribution in [0.3, 0.4) is 0 Å². The molecular weight excluding hydrogens is 528 g/mol. The third-order valence-corrected chi connectivity index (χ3v) is 9.77. The molecule has 5 heteroatoms. The SMILES string of the molecule is CN(C)c1ccc2c(-c3ccc(Br)cc3)c3ccc(=[N+](C)C)cc-3[te+]([O-])c2c1. The van der Waals surface area contributed by atoms with Gasteiger partial charge in [0.2, 0.25) is 0 Å². The molecule has 0 radical (unpaired) electrons. The Kier molecular flexibility index (Phi) is 5.37. The van der Waals surface area contributed by atoms with Crippen LogP contribution in [-0.2, 0) is 0 Å². The van der Waals surface area contributed by atoms with Gasteiger partial charge in [-0.2, -0.15) is 0 Å². The molecule has 0 saturated carbocycles. The predicted molar refractivity (Wildman–Crippen MR) is 122 cm³/mol. The number of benzene rings is 3. The van der Waals surface area contributed by atoms with Crippen LogP contribution in [0.4, 0.5) is 5.69 Å². The molecule has 0 unspecified atom stereocenters. The Balaban J connectivity index is 2.20. The summed E-state index contributed by atoms with van der Waals surface area (Å²) in [6, 6.07) is 21.1. The monoisotopic (exact) mass is 551 g/mol. The van der Waals surface area contributed by atoms with E-state index in [1.54, 1.807) is 0 Å². The van der Waals surface area contributed by atoms with E-state index in [0.717, 1.165) is 39.0 Å². The number of fused-ring (bicyclic) bond motifs is 2. The van der Waals surface area contributed by atoms with Crippen LogP contribution >= 0.6 is 15.9 Å². The summed E-state index contributed by atoms with van der Waals surface area (Å²) in [6.07, 6.45) is 0. The van der Waals surface area contributed by atoms with Gasteiger partial charge in [0.25, 0.3) is 0 Å². The second-order valence-electron chi connectivity index (χ2n) is 7.30. The summed E-state index contributed by atoms with van der Waals surface area (Å²) < 4.78 is 18.8. The number of halogens is 1. The molecule has 2 aliphatic rings. The van der Waals surface area contributed by atoms with Crippen LogP contribution in [-0.4, -0.2) is 47.7 Å².